The predicted octanol–water partition coefficient (Wildman–Crippen LogP) is 3.97. The second-order valence-electron chi connectivity index (χ2n) is 3.67. The summed E-state index contributed by atoms with van der Waals surface area (Å²) in [5, 5.41) is 11.6. The number of methoxy groups -OCH3 is 1. The van der Waals surface area contributed by atoms with Crippen LogP contribution in [-0.2, 0) is 0 Å². The van der Waals surface area contributed by atoms with Crippen LogP contribution < -0.4 is 4.74 Å². The van der Waals surface area contributed by atoms with E-state index in [0.29, 0.717) is 21.2 Å². The maximum Gasteiger partial charge on any atom is 0.288 e. The minimum Gasteiger partial charge on any atom is -0.481 e. The summed E-state index contributed by atoms with van der Waals surface area (Å²) in [5.41, 5.74) is 0.929. The molecule has 0 spiro atoms. The fraction of sp³-hybridized carbons (Fsp3) is 0.0833. The Bertz CT molecular complexity index is 627. The Morgan fingerprint density at radius 1 is 1.21 bits per heavy atom. The molecular weight excluding hydrogens is 291 g/mol. The SMILES string of the molecule is COc1ncc([N+](=O)[O-])cc1-c1cc(Cl)cc(Cl)c1. The lowest BCUT2D eigenvalue weighted by Crippen LogP contribution is -1.95. The van der Waals surface area contributed by atoms with Gasteiger partial charge in [-0.15, -0.1) is 0 Å². The third-order valence-corrected chi connectivity index (χ3v) is 2.85. The van der Waals surface area contributed by atoms with Gasteiger partial charge < -0.3 is 4.74 Å². The molecule has 0 aliphatic rings. The molecule has 0 N–H and O–H groups in total. The summed E-state index contributed by atoms with van der Waals surface area (Å²) < 4.78 is 5.09. The minimum atomic E-state index is -0.526. The molecule has 0 amide bonds. The van der Waals surface area contributed by atoms with Gasteiger partial charge in [0.05, 0.1) is 17.6 Å². The molecule has 2 rings (SSSR count). The van der Waals surface area contributed by atoms with Crippen molar-refractivity contribution in [2.45, 2.75) is 0 Å². The number of pyridine rings is 1. The van der Waals surface area contributed by atoms with Gasteiger partial charge in [0.25, 0.3) is 5.69 Å². The van der Waals surface area contributed by atoms with E-state index in [1.807, 2.05) is 0 Å². The first-order valence-electron chi connectivity index (χ1n) is 5.16. The minimum absolute atomic E-state index is 0.133. The van der Waals surface area contributed by atoms with Crippen molar-refractivity contribution in [2.75, 3.05) is 7.11 Å². The largest absolute Gasteiger partial charge is 0.481 e. The summed E-state index contributed by atoms with van der Waals surface area (Å²) in [5.74, 6) is 0.268. The van der Waals surface area contributed by atoms with Gasteiger partial charge in [-0.3, -0.25) is 10.1 Å². The van der Waals surface area contributed by atoms with Crippen LogP contribution in [0.2, 0.25) is 10.0 Å². The van der Waals surface area contributed by atoms with Crippen LogP contribution in [0.15, 0.2) is 30.5 Å². The van der Waals surface area contributed by atoms with Gasteiger partial charge in [0.2, 0.25) is 5.88 Å². The van der Waals surface area contributed by atoms with E-state index in [9.17, 15) is 10.1 Å². The second-order valence-corrected chi connectivity index (χ2v) is 4.54. The van der Waals surface area contributed by atoms with Crippen molar-refractivity contribution in [1.29, 1.82) is 0 Å². The fourth-order valence-electron chi connectivity index (χ4n) is 1.62. The van der Waals surface area contributed by atoms with Gasteiger partial charge in [-0.2, -0.15) is 0 Å². The van der Waals surface area contributed by atoms with Crippen molar-refractivity contribution in [3.05, 3.63) is 50.6 Å². The Kier molecular flexibility index (Phi) is 3.87. The lowest BCUT2D eigenvalue weighted by atomic mass is 10.1. The predicted molar refractivity (Wildman–Crippen MR) is 72.9 cm³/mol. The van der Waals surface area contributed by atoms with Gasteiger partial charge in [-0.05, 0) is 23.8 Å². The number of nitro groups is 1. The number of rotatable bonds is 3. The molecule has 0 saturated carbocycles. The Labute approximate surface area is 118 Å². The Morgan fingerprint density at radius 3 is 2.37 bits per heavy atom. The number of benzene rings is 1. The van der Waals surface area contributed by atoms with E-state index in [-0.39, 0.29) is 11.6 Å². The normalized spacial score (nSPS) is 10.3. The summed E-state index contributed by atoms with van der Waals surface area (Å²) in [6.07, 6.45) is 1.13. The monoisotopic (exact) mass is 298 g/mol. The third-order valence-electron chi connectivity index (χ3n) is 2.41. The highest BCUT2D eigenvalue weighted by atomic mass is 35.5. The lowest BCUT2D eigenvalue weighted by Gasteiger charge is -2.08. The highest BCUT2D eigenvalue weighted by molar-refractivity contribution is 6.35. The summed E-state index contributed by atoms with van der Waals surface area (Å²) in [7, 11) is 1.43. The molecule has 19 heavy (non-hydrogen) atoms. The van der Waals surface area contributed by atoms with Crippen LogP contribution in [0.4, 0.5) is 5.69 Å². The van der Waals surface area contributed by atoms with Crippen LogP contribution in [0.5, 0.6) is 5.88 Å². The average molecular weight is 299 g/mol. The van der Waals surface area contributed by atoms with Gasteiger partial charge in [-0.1, -0.05) is 23.2 Å². The molecule has 1 aromatic carbocycles. The molecule has 1 heterocycles. The molecular formula is C12H8Cl2N2O3. The topological polar surface area (TPSA) is 65.3 Å². The van der Waals surface area contributed by atoms with E-state index >= 15 is 0 Å². The summed E-state index contributed by atoms with van der Waals surface area (Å²) in [4.78, 5) is 14.2. The fourth-order valence-corrected chi connectivity index (χ4v) is 2.15. The Morgan fingerprint density at radius 2 is 1.84 bits per heavy atom. The third kappa shape index (κ3) is 2.94. The van der Waals surface area contributed by atoms with Gasteiger partial charge >= 0.3 is 0 Å². The molecule has 0 radical (unpaired) electrons. The van der Waals surface area contributed by atoms with Crippen molar-refractivity contribution >= 4 is 28.9 Å². The van der Waals surface area contributed by atoms with Gasteiger partial charge in [0.15, 0.2) is 0 Å². The maximum absolute atomic E-state index is 10.8. The van der Waals surface area contributed by atoms with Crippen molar-refractivity contribution in [1.82, 2.24) is 4.98 Å². The molecule has 0 unspecified atom stereocenters. The van der Waals surface area contributed by atoms with Gasteiger partial charge in [0.1, 0.15) is 6.20 Å². The first kappa shape index (κ1) is 13.6. The second kappa shape index (κ2) is 5.42. The van der Waals surface area contributed by atoms with Crippen LogP contribution >= 0.6 is 23.2 Å². The lowest BCUT2D eigenvalue weighted by molar-refractivity contribution is -0.385. The van der Waals surface area contributed by atoms with Crippen LogP contribution in [0, 0.1) is 10.1 Å². The average Bonchev–Trinajstić information content (AvgIpc) is 2.36. The van der Waals surface area contributed by atoms with E-state index < -0.39 is 4.92 Å². The highest BCUT2D eigenvalue weighted by Crippen LogP contribution is 2.34. The van der Waals surface area contributed by atoms with E-state index in [4.69, 9.17) is 27.9 Å². The molecule has 98 valence electrons. The first-order chi connectivity index (χ1) is 9.01. The molecule has 2 aromatic rings. The van der Waals surface area contributed by atoms with Crippen molar-refractivity contribution in [2.24, 2.45) is 0 Å². The Hall–Kier alpha value is -1.85. The standard InChI is InChI=1S/C12H8Cl2N2O3/c1-19-12-11(5-10(6-15-12)16(17)18)7-2-8(13)4-9(14)3-7/h2-6H,1H3. The molecule has 7 heteroatoms. The molecule has 1 aromatic heterocycles. The summed E-state index contributed by atoms with van der Waals surface area (Å²) >= 11 is 11.8. The molecule has 5 nitrogen and oxygen atoms in total. The number of hydrogen-bond donors (Lipinski definition) is 0. The maximum atomic E-state index is 10.8. The van der Waals surface area contributed by atoms with Crippen LogP contribution in [-0.4, -0.2) is 17.0 Å². The molecule has 0 aliphatic carbocycles. The van der Waals surface area contributed by atoms with Crippen molar-refractivity contribution in [3.63, 3.8) is 0 Å². The molecule has 0 atom stereocenters. The van der Waals surface area contributed by atoms with Crippen LogP contribution in [0.3, 0.4) is 0 Å². The smallest absolute Gasteiger partial charge is 0.288 e. The van der Waals surface area contributed by atoms with E-state index in [0.717, 1.165) is 6.20 Å². The Balaban J connectivity index is 2.64. The number of ether oxygens (including phenoxy) is 1. The van der Waals surface area contributed by atoms with Crippen molar-refractivity contribution < 1.29 is 9.66 Å². The molecule has 0 bridgehead atoms. The zero-order valence-electron chi connectivity index (χ0n) is 9.76. The van der Waals surface area contributed by atoms with Crippen molar-refractivity contribution in [3.8, 4) is 17.0 Å². The zero-order valence-corrected chi connectivity index (χ0v) is 11.3. The molecule has 0 saturated heterocycles. The summed E-state index contributed by atoms with van der Waals surface area (Å²) in [6.45, 7) is 0. The van der Waals surface area contributed by atoms with Gasteiger partial charge in [0, 0.05) is 16.1 Å². The number of hydrogen-bond acceptors (Lipinski definition) is 4. The quantitative estimate of drug-likeness (QED) is 0.635. The first-order valence-corrected chi connectivity index (χ1v) is 5.91. The molecule has 0 fully saturated rings. The highest BCUT2D eigenvalue weighted by Gasteiger charge is 2.15. The van der Waals surface area contributed by atoms with Crippen LogP contribution in [0.1, 0.15) is 0 Å². The molecule has 0 aliphatic heterocycles. The number of halogens is 2. The zero-order chi connectivity index (χ0) is 14.0. The van der Waals surface area contributed by atoms with E-state index in [1.54, 1.807) is 18.2 Å². The van der Waals surface area contributed by atoms with E-state index in [2.05, 4.69) is 4.98 Å². The number of aromatic nitrogens is 1. The van der Waals surface area contributed by atoms with Gasteiger partial charge in [-0.25, -0.2) is 4.98 Å². The summed E-state index contributed by atoms with van der Waals surface area (Å²) in [6, 6.07) is 6.21. The number of nitrogens with zero attached hydrogens (tertiary/aromatic N) is 2. The van der Waals surface area contributed by atoms with Crippen LogP contribution in [0.25, 0.3) is 11.1 Å². The van der Waals surface area contributed by atoms with E-state index in [1.165, 1.54) is 13.2 Å².